The number of carboxylic acid groups (broad SMARTS) is 1. The molecule has 3 aromatic rings. The molecule has 0 fully saturated rings. The predicted octanol–water partition coefficient (Wildman–Crippen LogP) is 3.70. The Morgan fingerprint density at radius 3 is 2.16 bits per heavy atom. The highest BCUT2D eigenvalue weighted by Gasteiger charge is 2.31. The van der Waals surface area contributed by atoms with Crippen LogP contribution in [0.15, 0.2) is 78.9 Å². The van der Waals surface area contributed by atoms with Crippen molar-refractivity contribution in [2.75, 3.05) is 13.2 Å². The van der Waals surface area contributed by atoms with Crippen molar-refractivity contribution < 1.29 is 29.0 Å². The van der Waals surface area contributed by atoms with Crippen LogP contribution in [0.2, 0.25) is 0 Å². The average molecular weight is 513 g/mol. The lowest BCUT2D eigenvalue weighted by molar-refractivity contribution is -0.130. The number of alkyl carbamates (subject to hydrolysis) is 1. The standard InChI is InChI=1S/C30H28N2O6/c1-20(37-18-21-10-3-2-4-11-21)28(29(35)31-17-9-16-27(33)34)32-30(36)38-19-26-24-14-7-5-12-22(24)23-13-6-8-15-25(23)26/h2-8,10-15,20,26,28H,17-19H2,1H3,(H,31,35)(H,32,36)(H,33,34). The van der Waals surface area contributed by atoms with Crippen LogP contribution in [0.3, 0.4) is 0 Å². The number of rotatable bonds is 9. The van der Waals surface area contributed by atoms with Crippen LogP contribution in [-0.4, -0.2) is 48.4 Å². The molecular weight excluding hydrogens is 484 g/mol. The van der Waals surface area contributed by atoms with E-state index in [-0.39, 0.29) is 25.7 Å². The van der Waals surface area contributed by atoms with Gasteiger partial charge in [0.05, 0.1) is 19.3 Å². The van der Waals surface area contributed by atoms with Crippen LogP contribution in [0.4, 0.5) is 4.79 Å². The van der Waals surface area contributed by atoms with E-state index in [0.29, 0.717) is 0 Å². The Morgan fingerprint density at radius 1 is 0.921 bits per heavy atom. The number of fused-ring (bicyclic) bond motifs is 3. The largest absolute Gasteiger partial charge is 0.472 e. The normalized spacial score (nSPS) is 13.2. The molecule has 0 aliphatic heterocycles. The lowest BCUT2D eigenvalue weighted by Crippen LogP contribution is -2.53. The monoisotopic (exact) mass is 512 g/mol. The third-order valence-electron chi connectivity index (χ3n) is 6.27. The highest BCUT2D eigenvalue weighted by molar-refractivity contribution is 5.88. The van der Waals surface area contributed by atoms with Crippen molar-refractivity contribution in [3.63, 3.8) is 0 Å². The second-order valence-corrected chi connectivity index (χ2v) is 8.77. The Hall–Kier alpha value is -4.61. The summed E-state index contributed by atoms with van der Waals surface area (Å²) in [4.78, 5) is 36.4. The number of hydrogen-bond acceptors (Lipinski definition) is 5. The van der Waals surface area contributed by atoms with Crippen LogP contribution in [-0.2, 0) is 25.7 Å². The first-order valence-electron chi connectivity index (χ1n) is 12.2. The highest BCUT2D eigenvalue weighted by atomic mass is 16.5. The minimum Gasteiger partial charge on any atom is -0.472 e. The predicted molar refractivity (Wildman–Crippen MR) is 141 cm³/mol. The van der Waals surface area contributed by atoms with E-state index in [4.69, 9.17) is 14.6 Å². The fraction of sp³-hybridized carbons (Fsp3) is 0.233. The van der Waals surface area contributed by atoms with Gasteiger partial charge in [0.25, 0.3) is 0 Å². The number of benzene rings is 3. The maximum Gasteiger partial charge on any atom is 0.407 e. The van der Waals surface area contributed by atoms with Crippen molar-refractivity contribution in [3.8, 4) is 23.0 Å². The van der Waals surface area contributed by atoms with Gasteiger partial charge in [0.1, 0.15) is 12.6 Å². The van der Waals surface area contributed by atoms with Gasteiger partial charge in [0.15, 0.2) is 0 Å². The van der Waals surface area contributed by atoms with Gasteiger partial charge in [-0.25, -0.2) is 9.59 Å². The molecule has 8 nitrogen and oxygen atoms in total. The van der Waals surface area contributed by atoms with Crippen LogP contribution in [0.5, 0.6) is 0 Å². The molecule has 0 saturated carbocycles. The quantitative estimate of drug-likeness (QED) is 0.377. The van der Waals surface area contributed by atoms with Gasteiger partial charge in [0, 0.05) is 11.8 Å². The van der Waals surface area contributed by atoms with E-state index < -0.39 is 30.1 Å². The van der Waals surface area contributed by atoms with E-state index in [2.05, 4.69) is 16.6 Å². The number of aliphatic carboxylic acids is 1. The Kier molecular flexibility index (Phi) is 8.75. The Bertz CT molecular complexity index is 1320. The molecule has 2 amide bonds. The Labute approximate surface area is 221 Å². The van der Waals surface area contributed by atoms with E-state index in [0.717, 1.165) is 27.8 Å². The van der Waals surface area contributed by atoms with E-state index >= 15 is 0 Å². The second-order valence-electron chi connectivity index (χ2n) is 8.77. The summed E-state index contributed by atoms with van der Waals surface area (Å²) in [5.41, 5.74) is 5.28. The molecule has 0 saturated heterocycles. The van der Waals surface area contributed by atoms with Crippen LogP contribution >= 0.6 is 0 Å². The minimum absolute atomic E-state index is 0.0948. The summed E-state index contributed by atoms with van der Waals surface area (Å²) in [5, 5.41) is 13.8. The van der Waals surface area contributed by atoms with Crippen molar-refractivity contribution >= 4 is 18.0 Å². The summed E-state index contributed by atoms with van der Waals surface area (Å²) in [7, 11) is 0. The average Bonchev–Trinajstić information content (AvgIpc) is 3.25. The molecule has 3 aromatic carbocycles. The number of carbonyl (C=O) groups excluding carboxylic acids is 2. The van der Waals surface area contributed by atoms with E-state index in [9.17, 15) is 14.4 Å². The molecule has 2 atom stereocenters. The lowest BCUT2D eigenvalue weighted by Gasteiger charge is -2.24. The smallest absolute Gasteiger partial charge is 0.407 e. The molecule has 0 radical (unpaired) electrons. The third kappa shape index (κ3) is 6.58. The van der Waals surface area contributed by atoms with Crippen molar-refractivity contribution in [2.45, 2.75) is 31.6 Å². The molecule has 3 N–H and O–H groups in total. The summed E-state index contributed by atoms with van der Waals surface area (Å²) in [6.45, 7) is 1.80. The van der Waals surface area contributed by atoms with Gasteiger partial charge in [-0.3, -0.25) is 4.79 Å². The fourth-order valence-electron chi connectivity index (χ4n) is 4.42. The van der Waals surface area contributed by atoms with Crippen LogP contribution in [0.1, 0.15) is 29.5 Å². The van der Waals surface area contributed by atoms with E-state index in [1.54, 1.807) is 6.92 Å². The molecule has 0 bridgehead atoms. The molecular formula is C30H28N2O6. The van der Waals surface area contributed by atoms with Crippen molar-refractivity contribution in [2.24, 2.45) is 0 Å². The molecule has 4 rings (SSSR count). The summed E-state index contributed by atoms with van der Waals surface area (Å²) < 4.78 is 11.5. The zero-order valence-corrected chi connectivity index (χ0v) is 20.8. The minimum atomic E-state index is -1.30. The highest BCUT2D eigenvalue weighted by Crippen LogP contribution is 2.44. The molecule has 1 aliphatic rings. The molecule has 2 unspecified atom stereocenters. The molecule has 38 heavy (non-hydrogen) atoms. The van der Waals surface area contributed by atoms with Crippen LogP contribution in [0.25, 0.3) is 11.1 Å². The SMILES string of the molecule is CC(OCc1ccccc1)C(NC(=O)OCC1c2ccccc2-c2ccccc21)C(=O)NCC#CC(=O)O. The van der Waals surface area contributed by atoms with E-state index in [1.165, 1.54) is 0 Å². The van der Waals surface area contributed by atoms with Crippen LogP contribution in [0, 0.1) is 11.8 Å². The Balaban J connectivity index is 1.42. The van der Waals surface area contributed by atoms with Gasteiger partial charge in [0.2, 0.25) is 5.91 Å². The first-order chi connectivity index (χ1) is 18.4. The third-order valence-corrected chi connectivity index (χ3v) is 6.27. The second kappa shape index (κ2) is 12.6. The number of ether oxygens (including phenoxy) is 2. The molecule has 8 heteroatoms. The lowest BCUT2D eigenvalue weighted by atomic mass is 9.98. The van der Waals surface area contributed by atoms with Gasteiger partial charge in [-0.15, -0.1) is 0 Å². The Morgan fingerprint density at radius 2 is 1.53 bits per heavy atom. The topological polar surface area (TPSA) is 114 Å². The van der Waals surface area contributed by atoms with E-state index in [1.807, 2.05) is 84.8 Å². The van der Waals surface area contributed by atoms with Gasteiger partial charge in [-0.05, 0) is 34.7 Å². The van der Waals surface area contributed by atoms with Gasteiger partial charge < -0.3 is 25.2 Å². The van der Waals surface area contributed by atoms with Crippen molar-refractivity contribution in [1.82, 2.24) is 10.6 Å². The first kappa shape index (κ1) is 26.5. The maximum atomic E-state index is 12.9. The number of nitrogens with one attached hydrogen (secondary N) is 2. The van der Waals surface area contributed by atoms with Gasteiger partial charge in [-0.2, -0.15) is 0 Å². The molecule has 0 aromatic heterocycles. The molecule has 0 spiro atoms. The first-order valence-corrected chi connectivity index (χ1v) is 12.2. The van der Waals surface area contributed by atoms with Gasteiger partial charge in [-0.1, -0.05) is 84.8 Å². The van der Waals surface area contributed by atoms with Crippen molar-refractivity contribution in [1.29, 1.82) is 0 Å². The number of carboxylic acids is 1. The van der Waals surface area contributed by atoms with Crippen molar-refractivity contribution in [3.05, 3.63) is 95.6 Å². The summed E-state index contributed by atoms with van der Waals surface area (Å²) in [6.07, 6.45) is -1.48. The zero-order valence-electron chi connectivity index (χ0n) is 20.8. The molecule has 0 heterocycles. The number of amides is 2. The zero-order chi connectivity index (χ0) is 26.9. The summed E-state index contributed by atoms with van der Waals surface area (Å²) >= 11 is 0. The maximum absolute atomic E-state index is 12.9. The summed E-state index contributed by atoms with van der Waals surface area (Å²) in [6, 6.07) is 24.3. The number of hydrogen-bond donors (Lipinski definition) is 3. The fourth-order valence-corrected chi connectivity index (χ4v) is 4.42. The number of carbonyl (C=O) groups is 3. The molecule has 1 aliphatic carbocycles. The van der Waals surface area contributed by atoms with Gasteiger partial charge >= 0.3 is 12.1 Å². The van der Waals surface area contributed by atoms with Crippen LogP contribution < -0.4 is 10.6 Å². The summed E-state index contributed by atoms with van der Waals surface area (Å²) in [5.74, 6) is 2.27. The molecule has 194 valence electrons.